The molecule has 1 fully saturated rings. The lowest BCUT2D eigenvalue weighted by atomic mass is 9.96. The van der Waals surface area contributed by atoms with E-state index in [1.54, 1.807) is 0 Å². The van der Waals surface area contributed by atoms with Gasteiger partial charge in [-0.15, -0.1) is 0 Å². The van der Waals surface area contributed by atoms with Crippen LogP contribution in [-0.2, 0) is 4.79 Å². The maximum atomic E-state index is 12.3. The molecule has 3 aromatic heterocycles. The fourth-order valence-corrected chi connectivity index (χ4v) is 5.63. The second-order valence-electron chi connectivity index (χ2n) is 10.4. The summed E-state index contributed by atoms with van der Waals surface area (Å²) in [6.07, 6.45) is 3.65. The van der Waals surface area contributed by atoms with E-state index in [0.29, 0.717) is 5.11 Å². The van der Waals surface area contributed by atoms with E-state index in [9.17, 15) is 4.79 Å². The Kier molecular flexibility index (Phi) is 7.23. The van der Waals surface area contributed by atoms with Crippen molar-refractivity contribution >= 4 is 34.6 Å². The number of carbonyl (C=O) groups excluding carboxylic acids is 1. The Labute approximate surface area is 235 Å². The van der Waals surface area contributed by atoms with Gasteiger partial charge in [0, 0.05) is 41.1 Å². The van der Waals surface area contributed by atoms with Crippen LogP contribution >= 0.6 is 12.2 Å². The minimum atomic E-state index is -0.155. The Bertz CT molecular complexity index is 1540. The van der Waals surface area contributed by atoms with E-state index in [4.69, 9.17) is 22.2 Å². The summed E-state index contributed by atoms with van der Waals surface area (Å²) in [7, 11) is 0. The number of benzene rings is 1. The molecule has 4 aromatic rings. The van der Waals surface area contributed by atoms with Crippen LogP contribution in [-0.4, -0.2) is 25.6 Å². The molecule has 0 bridgehead atoms. The lowest BCUT2D eigenvalue weighted by molar-refractivity contribution is -0.118. The molecular weight excluding hydrogens is 504 g/mol. The van der Waals surface area contributed by atoms with Gasteiger partial charge in [-0.2, -0.15) is 0 Å². The van der Waals surface area contributed by atoms with Crippen molar-refractivity contribution in [2.75, 3.05) is 10.2 Å². The van der Waals surface area contributed by atoms with Crippen LogP contribution < -0.4 is 15.5 Å². The van der Waals surface area contributed by atoms with E-state index in [-0.39, 0.29) is 23.9 Å². The fraction of sp³-hybridized carbons (Fsp3) is 0.290. The van der Waals surface area contributed by atoms with Crippen molar-refractivity contribution < 1.29 is 4.79 Å². The first-order chi connectivity index (χ1) is 18.7. The molecule has 0 spiro atoms. The maximum Gasteiger partial charge on any atom is 0.226 e. The van der Waals surface area contributed by atoms with Crippen LogP contribution in [0.2, 0.25) is 0 Å². The number of carbonyl (C=O) groups is 1. The van der Waals surface area contributed by atoms with Gasteiger partial charge >= 0.3 is 0 Å². The first kappa shape index (κ1) is 26.6. The number of nitrogens with one attached hydrogen (secondary N) is 2. The number of hydrogen-bond donors (Lipinski definition) is 2. The number of pyridine rings is 2. The summed E-state index contributed by atoms with van der Waals surface area (Å²) >= 11 is 5.95. The second kappa shape index (κ2) is 10.6. The Morgan fingerprint density at radius 1 is 0.974 bits per heavy atom. The standard InChI is InChI=1S/C31H34N6OS/c1-18(2)30(38)34-25-13-12-23(16-20(25)4)37-28(27(35-31(37)39)26-11-7-8-14-32-26)24-17-21(5)36(22(24)6)29-19(3)10-9-15-33-29/h7-18,27-28H,1-6H3,(H,34,38)(H,35,39)/t27-,28-/m1/s1. The Morgan fingerprint density at radius 2 is 1.74 bits per heavy atom. The number of anilines is 2. The number of aryl methyl sites for hydroxylation is 3. The predicted molar refractivity (Wildman–Crippen MR) is 160 cm³/mol. The van der Waals surface area contributed by atoms with Crippen LogP contribution in [0.1, 0.15) is 59.7 Å². The van der Waals surface area contributed by atoms with Crippen molar-refractivity contribution in [3.8, 4) is 5.82 Å². The number of amides is 1. The zero-order valence-corrected chi connectivity index (χ0v) is 24.0. The van der Waals surface area contributed by atoms with Gasteiger partial charge in [0.2, 0.25) is 5.91 Å². The predicted octanol–water partition coefficient (Wildman–Crippen LogP) is 6.27. The molecule has 0 saturated carbocycles. The third kappa shape index (κ3) is 4.92. The number of nitrogens with zero attached hydrogens (tertiary/aromatic N) is 4. The highest BCUT2D eigenvalue weighted by molar-refractivity contribution is 7.80. The number of hydrogen-bond acceptors (Lipinski definition) is 4. The molecule has 1 aliphatic heterocycles. The lowest BCUT2D eigenvalue weighted by Crippen LogP contribution is -2.29. The van der Waals surface area contributed by atoms with E-state index >= 15 is 0 Å². The van der Waals surface area contributed by atoms with Crippen LogP contribution in [0.15, 0.2) is 67.0 Å². The number of rotatable bonds is 6. The topological polar surface area (TPSA) is 75.1 Å². The van der Waals surface area contributed by atoms with Gasteiger partial charge in [0.1, 0.15) is 5.82 Å². The van der Waals surface area contributed by atoms with E-state index in [2.05, 4.69) is 59.1 Å². The maximum absolute atomic E-state index is 12.3. The third-order valence-corrected chi connectivity index (χ3v) is 7.67. The van der Waals surface area contributed by atoms with E-state index in [1.807, 2.05) is 69.6 Å². The van der Waals surface area contributed by atoms with Crippen molar-refractivity contribution in [3.63, 3.8) is 0 Å². The van der Waals surface area contributed by atoms with E-state index in [1.165, 1.54) is 0 Å². The summed E-state index contributed by atoms with van der Waals surface area (Å²) in [6.45, 7) is 12.1. The van der Waals surface area contributed by atoms with Crippen molar-refractivity contribution in [3.05, 3.63) is 101 Å². The third-order valence-electron chi connectivity index (χ3n) is 7.35. The largest absolute Gasteiger partial charge is 0.351 e. The number of thiocarbonyl (C=S) groups is 1. The van der Waals surface area contributed by atoms with Crippen molar-refractivity contribution in [2.24, 2.45) is 5.92 Å². The molecule has 8 heteroatoms. The highest BCUT2D eigenvalue weighted by Crippen LogP contribution is 2.44. The molecule has 1 aromatic carbocycles. The van der Waals surface area contributed by atoms with Gasteiger partial charge < -0.3 is 20.1 Å². The Hall–Kier alpha value is -4.04. The Balaban J connectivity index is 1.63. The molecule has 200 valence electrons. The molecule has 4 heterocycles. The molecule has 0 aliphatic carbocycles. The first-order valence-electron chi connectivity index (χ1n) is 13.2. The van der Waals surface area contributed by atoms with Gasteiger partial charge in [-0.1, -0.05) is 26.0 Å². The molecule has 1 amide bonds. The minimum absolute atomic E-state index is 0.00504. The minimum Gasteiger partial charge on any atom is -0.351 e. The molecule has 39 heavy (non-hydrogen) atoms. The van der Waals surface area contributed by atoms with Crippen molar-refractivity contribution in [1.29, 1.82) is 0 Å². The summed E-state index contributed by atoms with van der Waals surface area (Å²) in [6, 6.07) is 18.0. The molecule has 7 nitrogen and oxygen atoms in total. The van der Waals surface area contributed by atoms with Crippen LogP contribution in [0.25, 0.3) is 5.82 Å². The molecule has 5 rings (SSSR count). The van der Waals surface area contributed by atoms with Crippen LogP contribution in [0.3, 0.4) is 0 Å². The zero-order valence-electron chi connectivity index (χ0n) is 23.2. The van der Waals surface area contributed by atoms with Gasteiger partial charge in [0.25, 0.3) is 0 Å². The van der Waals surface area contributed by atoms with Gasteiger partial charge in [-0.05, 0) is 99.1 Å². The monoisotopic (exact) mass is 538 g/mol. The highest BCUT2D eigenvalue weighted by atomic mass is 32.1. The zero-order chi connectivity index (χ0) is 27.8. The lowest BCUT2D eigenvalue weighted by Gasteiger charge is -2.29. The average Bonchev–Trinajstić information content (AvgIpc) is 3.41. The van der Waals surface area contributed by atoms with Gasteiger partial charge in [-0.3, -0.25) is 9.78 Å². The second-order valence-corrected chi connectivity index (χ2v) is 10.8. The first-order valence-corrected chi connectivity index (χ1v) is 13.6. The molecule has 0 unspecified atom stereocenters. The Morgan fingerprint density at radius 3 is 2.41 bits per heavy atom. The summed E-state index contributed by atoms with van der Waals surface area (Å²) < 4.78 is 2.22. The van der Waals surface area contributed by atoms with Crippen molar-refractivity contribution in [2.45, 2.75) is 53.6 Å². The van der Waals surface area contributed by atoms with E-state index < -0.39 is 0 Å². The summed E-state index contributed by atoms with van der Waals surface area (Å²) in [5, 5.41) is 7.22. The SMILES string of the molecule is Cc1cc(N2C(=S)N[C@H](c3ccccn3)[C@H]2c2cc(C)n(-c3ncccc3C)c2C)ccc1NC(=O)C(C)C. The van der Waals surface area contributed by atoms with Crippen LogP contribution in [0.5, 0.6) is 0 Å². The molecule has 2 atom stereocenters. The molecule has 1 saturated heterocycles. The van der Waals surface area contributed by atoms with Crippen LogP contribution in [0, 0.1) is 33.6 Å². The molecular formula is C31H34N6OS. The average molecular weight is 539 g/mol. The highest BCUT2D eigenvalue weighted by Gasteiger charge is 2.42. The number of aromatic nitrogens is 3. The van der Waals surface area contributed by atoms with Crippen molar-refractivity contribution in [1.82, 2.24) is 19.9 Å². The smallest absolute Gasteiger partial charge is 0.226 e. The van der Waals surface area contributed by atoms with Gasteiger partial charge in [0.15, 0.2) is 5.11 Å². The summed E-state index contributed by atoms with van der Waals surface area (Å²) in [4.78, 5) is 23.9. The summed E-state index contributed by atoms with van der Waals surface area (Å²) in [5.41, 5.74) is 8.11. The van der Waals surface area contributed by atoms with Gasteiger partial charge in [0.05, 0.1) is 17.8 Å². The normalized spacial score (nSPS) is 17.0. The van der Waals surface area contributed by atoms with Gasteiger partial charge in [-0.25, -0.2) is 4.98 Å². The fourth-order valence-electron chi connectivity index (χ4n) is 5.29. The summed E-state index contributed by atoms with van der Waals surface area (Å²) in [5.74, 6) is 0.824. The van der Waals surface area contributed by atoms with E-state index in [0.717, 1.165) is 51.0 Å². The van der Waals surface area contributed by atoms with Crippen LogP contribution in [0.4, 0.5) is 11.4 Å². The molecule has 1 aliphatic rings. The molecule has 0 radical (unpaired) electrons. The quantitative estimate of drug-likeness (QED) is 0.282. The molecule has 2 N–H and O–H groups in total.